The minimum absolute atomic E-state index is 0.0704. The number of fused-ring (bicyclic) bond motifs is 1. The van der Waals surface area contributed by atoms with E-state index in [0.29, 0.717) is 10.8 Å². The van der Waals surface area contributed by atoms with Gasteiger partial charge in [-0.2, -0.15) is 0 Å². The lowest BCUT2D eigenvalue weighted by atomic mass is 9.91. The van der Waals surface area contributed by atoms with Crippen LogP contribution in [0.2, 0.25) is 0 Å². The fourth-order valence-electron chi connectivity index (χ4n) is 3.16. The second-order valence-corrected chi connectivity index (χ2v) is 9.20. The van der Waals surface area contributed by atoms with Gasteiger partial charge in [0.1, 0.15) is 31.8 Å². The number of hydrogen-bond acceptors (Lipinski definition) is 9. The van der Waals surface area contributed by atoms with Crippen LogP contribution in [0.3, 0.4) is 0 Å². The Morgan fingerprint density at radius 1 is 0.667 bits per heavy atom. The van der Waals surface area contributed by atoms with Crippen molar-refractivity contribution < 1.29 is 48.0 Å². The van der Waals surface area contributed by atoms with Gasteiger partial charge in [0.05, 0.1) is 11.1 Å². The smallest absolute Gasteiger partial charge is 0.339 e. The first kappa shape index (κ1) is 30.5. The number of carboxylic acid groups (broad SMARTS) is 1. The van der Waals surface area contributed by atoms with Crippen molar-refractivity contribution in [3.05, 3.63) is 84.0 Å². The fourth-order valence-corrected chi connectivity index (χ4v) is 3.16. The summed E-state index contributed by atoms with van der Waals surface area (Å²) in [5, 5.41) is 10.9. The summed E-state index contributed by atoms with van der Waals surface area (Å²) in [6.07, 6.45) is 0. The van der Waals surface area contributed by atoms with E-state index in [1.54, 1.807) is 24.3 Å². The molecule has 0 saturated heterocycles. The molecule has 2 aromatic carbocycles. The molecule has 0 atom stereocenters. The second-order valence-electron chi connectivity index (χ2n) is 9.20. The lowest BCUT2D eigenvalue weighted by molar-refractivity contribution is -0.160. The maximum atomic E-state index is 13.1. The summed E-state index contributed by atoms with van der Waals surface area (Å²) in [4.78, 5) is 61.5. The molecule has 0 aliphatic heterocycles. The average molecular weight is 539 g/mol. The van der Waals surface area contributed by atoms with Crippen LogP contribution in [0.25, 0.3) is 10.8 Å². The van der Waals surface area contributed by atoms with Gasteiger partial charge in [-0.25, -0.2) is 24.0 Å². The molecule has 0 amide bonds. The highest BCUT2D eigenvalue weighted by Gasteiger charge is 2.38. The number of rotatable bonds is 13. The van der Waals surface area contributed by atoms with Crippen molar-refractivity contribution in [2.45, 2.75) is 20.8 Å². The molecule has 1 N–H and O–H groups in total. The van der Waals surface area contributed by atoms with Crippen molar-refractivity contribution in [2.75, 3.05) is 26.4 Å². The third-order valence-corrected chi connectivity index (χ3v) is 5.42. The zero-order valence-electron chi connectivity index (χ0n) is 22.0. The number of carbonyl (C=O) groups excluding carboxylic acids is 4. The van der Waals surface area contributed by atoms with Crippen molar-refractivity contribution in [3.8, 4) is 0 Å². The number of carbonyl (C=O) groups is 5. The highest BCUT2D eigenvalue weighted by molar-refractivity contribution is 6.06. The van der Waals surface area contributed by atoms with Crippen molar-refractivity contribution in [1.82, 2.24) is 0 Å². The average Bonchev–Trinajstić information content (AvgIpc) is 2.90. The molecule has 0 radical (unpaired) electrons. The summed E-state index contributed by atoms with van der Waals surface area (Å²) < 4.78 is 21.3. The van der Waals surface area contributed by atoms with Crippen molar-refractivity contribution in [3.63, 3.8) is 0 Å². The Bertz CT molecular complexity index is 1280. The molecule has 0 aliphatic rings. The quantitative estimate of drug-likeness (QED) is 0.225. The van der Waals surface area contributed by atoms with Gasteiger partial charge >= 0.3 is 29.8 Å². The van der Waals surface area contributed by atoms with Crippen LogP contribution in [0.1, 0.15) is 41.5 Å². The first-order valence-corrected chi connectivity index (χ1v) is 11.7. The number of benzene rings is 2. The topological polar surface area (TPSA) is 142 Å². The van der Waals surface area contributed by atoms with Gasteiger partial charge in [0.15, 0.2) is 0 Å². The highest BCUT2D eigenvalue weighted by atomic mass is 16.6. The molecule has 0 fully saturated rings. The van der Waals surface area contributed by atoms with Crippen LogP contribution in [0.5, 0.6) is 0 Å². The fraction of sp³-hybridized carbons (Fsp3) is 0.276. The van der Waals surface area contributed by atoms with E-state index in [1.807, 2.05) is 0 Å². The van der Waals surface area contributed by atoms with Gasteiger partial charge in [0, 0.05) is 16.7 Å². The lowest BCUT2D eigenvalue weighted by Gasteiger charge is -2.31. The Morgan fingerprint density at radius 2 is 1.03 bits per heavy atom. The second kappa shape index (κ2) is 13.2. The molecule has 0 heterocycles. The van der Waals surface area contributed by atoms with Gasteiger partial charge < -0.3 is 24.1 Å². The van der Waals surface area contributed by atoms with Crippen molar-refractivity contribution in [1.29, 1.82) is 0 Å². The maximum absolute atomic E-state index is 13.1. The Labute approximate surface area is 225 Å². The standard InChI is InChI=1S/C29H30O10/c1-17(2)25(32)36-13-29(14-37-26(33)18(3)4,15-38-27(34)19(5)6)16-39-28(35)23-12-21-10-8-7-9-20(21)11-22(23)24(30)31/h7-12H,1,3,5,13-16H2,2,4,6H3,(H,30,31). The SMILES string of the molecule is C=C(C)C(=O)OCC(COC(=O)C(=C)C)(COC(=O)C(=C)C)COC(=O)c1cc2ccccc2cc1C(=O)O. The van der Waals surface area contributed by atoms with Crippen molar-refractivity contribution in [2.24, 2.45) is 5.41 Å². The minimum Gasteiger partial charge on any atom is -0.478 e. The van der Waals surface area contributed by atoms with Gasteiger partial charge in [-0.3, -0.25) is 0 Å². The summed E-state index contributed by atoms with van der Waals surface area (Å²) >= 11 is 0. The molecule has 39 heavy (non-hydrogen) atoms. The van der Waals surface area contributed by atoms with Gasteiger partial charge in [-0.1, -0.05) is 44.0 Å². The molecule has 0 aliphatic carbocycles. The van der Waals surface area contributed by atoms with E-state index in [4.69, 9.17) is 18.9 Å². The number of esters is 4. The van der Waals surface area contributed by atoms with Gasteiger partial charge in [0.2, 0.25) is 0 Å². The van der Waals surface area contributed by atoms with Crippen LogP contribution < -0.4 is 0 Å². The molecule has 0 saturated carbocycles. The van der Waals surface area contributed by atoms with E-state index in [-0.39, 0.29) is 27.8 Å². The molecule has 2 rings (SSSR count). The van der Waals surface area contributed by atoms with E-state index >= 15 is 0 Å². The first-order valence-electron chi connectivity index (χ1n) is 11.7. The van der Waals surface area contributed by atoms with E-state index < -0.39 is 61.7 Å². The van der Waals surface area contributed by atoms with Gasteiger partial charge in [-0.05, 0) is 43.7 Å². The monoisotopic (exact) mass is 538 g/mol. The highest BCUT2D eigenvalue weighted by Crippen LogP contribution is 2.25. The Balaban J connectivity index is 2.44. The molecule has 206 valence electrons. The number of ether oxygens (including phenoxy) is 4. The van der Waals surface area contributed by atoms with Gasteiger partial charge in [0.25, 0.3) is 0 Å². The maximum Gasteiger partial charge on any atom is 0.339 e. The minimum atomic E-state index is -1.57. The van der Waals surface area contributed by atoms with Crippen LogP contribution in [0, 0.1) is 5.41 Å². The zero-order valence-corrected chi connectivity index (χ0v) is 22.0. The molecule has 2 aromatic rings. The number of carboxylic acids is 1. The summed E-state index contributed by atoms with van der Waals surface area (Å²) in [6, 6.07) is 9.58. The largest absolute Gasteiger partial charge is 0.478 e. The van der Waals surface area contributed by atoms with E-state index in [9.17, 15) is 29.1 Å². The number of aromatic carboxylic acids is 1. The summed E-state index contributed by atoms with van der Waals surface area (Å²) in [5.74, 6) is -4.71. The zero-order chi connectivity index (χ0) is 29.3. The molecular formula is C29H30O10. The van der Waals surface area contributed by atoms with E-state index in [0.717, 1.165) is 0 Å². The molecule has 0 spiro atoms. The van der Waals surface area contributed by atoms with Crippen LogP contribution in [0.15, 0.2) is 72.9 Å². The summed E-state index contributed by atoms with van der Waals surface area (Å²) in [7, 11) is 0. The summed E-state index contributed by atoms with van der Waals surface area (Å²) in [5.41, 5.74) is -1.88. The predicted molar refractivity (Wildman–Crippen MR) is 141 cm³/mol. The van der Waals surface area contributed by atoms with E-state index in [2.05, 4.69) is 19.7 Å². The molecule has 0 bridgehead atoms. The predicted octanol–water partition coefficient (Wildman–Crippen LogP) is 4.04. The van der Waals surface area contributed by atoms with Crippen LogP contribution >= 0.6 is 0 Å². The third-order valence-electron chi connectivity index (χ3n) is 5.42. The molecule has 10 nitrogen and oxygen atoms in total. The van der Waals surface area contributed by atoms with Crippen LogP contribution in [-0.4, -0.2) is 61.4 Å². The van der Waals surface area contributed by atoms with Crippen LogP contribution in [0.4, 0.5) is 0 Å². The lowest BCUT2D eigenvalue weighted by Crippen LogP contribution is -2.44. The molecular weight excluding hydrogens is 508 g/mol. The Morgan fingerprint density at radius 3 is 1.38 bits per heavy atom. The van der Waals surface area contributed by atoms with E-state index in [1.165, 1.54) is 32.9 Å². The summed E-state index contributed by atoms with van der Waals surface area (Å²) in [6.45, 7) is 12.6. The van der Waals surface area contributed by atoms with Crippen LogP contribution in [-0.2, 0) is 33.3 Å². The number of hydrogen-bond donors (Lipinski definition) is 1. The molecule has 0 aromatic heterocycles. The first-order chi connectivity index (χ1) is 18.3. The Kier molecular flexibility index (Phi) is 10.3. The van der Waals surface area contributed by atoms with Gasteiger partial charge in [-0.15, -0.1) is 0 Å². The third kappa shape index (κ3) is 8.39. The van der Waals surface area contributed by atoms with Crippen molar-refractivity contribution >= 4 is 40.6 Å². The molecule has 10 heteroatoms. The normalized spacial score (nSPS) is 10.7. The molecule has 0 unspecified atom stereocenters. The Hall–Kier alpha value is -4.73.